The van der Waals surface area contributed by atoms with Crippen LogP contribution in [0.4, 0.5) is 11.4 Å². The van der Waals surface area contributed by atoms with Crippen molar-refractivity contribution < 1.29 is 0 Å². The third-order valence-corrected chi connectivity index (χ3v) is 3.26. The van der Waals surface area contributed by atoms with Crippen molar-refractivity contribution in [2.45, 2.75) is 19.9 Å². The summed E-state index contributed by atoms with van der Waals surface area (Å²) in [5.41, 5.74) is 10.0. The molecule has 0 spiro atoms. The second kappa shape index (κ2) is 5.32. The Balaban J connectivity index is 2.18. The van der Waals surface area contributed by atoms with E-state index in [1.165, 1.54) is 11.1 Å². The first-order chi connectivity index (χ1) is 8.56. The summed E-state index contributed by atoms with van der Waals surface area (Å²) in [6, 6.07) is 14.0. The molecule has 0 fully saturated rings. The average Bonchev–Trinajstić information content (AvgIpc) is 2.34. The van der Waals surface area contributed by atoms with Crippen LogP contribution in [0.25, 0.3) is 0 Å². The van der Waals surface area contributed by atoms with Gasteiger partial charge >= 0.3 is 0 Å². The monoisotopic (exact) mass is 260 g/mol. The number of hydrogen-bond acceptors (Lipinski definition) is 2. The Hall–Kier alpha value is -1.67. The van der Waals surface area contributed by atoms with Gasteiger partial charge in [0.05, 0.1) is 0 Å². The lowest BCUT2D eigenvalue weighted by atomic mass is 10.1. The van der Waals surface area contributed by atoms with Crippen molar-refractivity contribution in [1.29, 1.82) is 0 Å². The lowest BCUT2D eigenvalue weighted by Gasteiger charge is -2.18. The molecule has 0 aliphatic rings. The van der Waals surface area contributed by atoms with Crippen LogP contribution in [-0.4, -0.2) is 0 Å². The largest absolute Gasteiger partial charge is 0.399 e. The minimum Gasteiger partial charge on any atom is -0.399 e. The molecule has 0 radical (unpaired) electrons. The Labute approximate surface area is 113 Å². The maximum atomic E-state index is 5.89. The van der Waals surface area contributed by atoms with Crippen molar-refractivity contribution in [3.8, 4) is 0 Å². The van der Waals surface area contributed by atoms with Crippen molar-refractivity contribution in [3.05, 3.63) is 58.6 Å². The molecule has 0 bridgehead atoms. The second-order valence-electron chi connectivity index (χ2n) is 4.49. The highest BCUT2D eigenvalue weighted by molar-refractivity contribution is 6.30. The molecule has 3 N–H and O–H groups in total. The van der Waals surface area contributed by atoms with Crippen LogP contribution in [0.5, 0.6) is 0 Å². The van der Waals surface area contributed by atoms with E-state index in [4.69, 9.17) is 17.3 Å². The average molecular weight is 261 g/mol. The molecule has 1 unspecified atom stereocenters. The van der Waals surface area contributed by atoms with Gasteiger partial charge in [-0.1, -0.05) is 29.8 Å². The van der Waals surface area contributed by atoms with Crippen LogP contribution >= 0.6 is 11.6 Å². The van der Waals surface area contributed by atoms with Crippen LogP contribution in [0.15, 0.2) is 42.5 Å². The molecular formula is C15H17ClN2. The summed E-state index contributed by atoms with van der Waals surface area (Å²) >= 11 is 5.89. The van der Waals surface area contributed by atoms with Crippen molar-refractivity contribution >= 4 is 23.0 Å². The maximum Gasteiger partial charge on any atom is 0.0485 e. The fourth-order valence-corrected chi connectivity index (χ4v) is 1.99. The van der Waals surface area contributed by atoms with Gasteiger partial charge < -0.3 is 11.1 Å². The highest BCUT2D eigenvalue weighted by Crippen LogP contribution is 2.24. The molecule has 2 rings (SSSR count). The summed E-state index contributed by atoms with van der Waals surface area (Å²) in [5, 5.41) is 4.22. The van der Waals surface area contributed by atoms with E-state index in [0.29, 0.717) is 0 Å². The van der Waals surface area contributed by atoms with Gasteiger partial charge in [-0.05, 0) is 49.2 Å². The van der Waals surface area contributed by atoms with Crippen molar-refractivity contribution in [3.63, 3.8) is 0 Å². The van der Waals surface area contributed by atoms with Crippen LogP contribution in [0, 0.1) is 6.92 Å². The summed E-state index contributed by atoms with van der Waals surface area (Å²) in [6.45, 7) is 4.18. The smallest absolute Gasteiger partial charge is 0.0485 e. The van der Waals surface area contributed by atoms with Gasteiger partial charge in [-0.3, -0.25) is 0 Å². The topological polar surface area (TPSA) is 38.0 Å². The molecule has 0 amide bonds. The molecule has 3 heteroatoms. The van der Waals surface area contributed by atoms with Crippen molar-refractivity contribution in [2.24, 2.45) is 0 Å². The van der Waals surface area contributed by atoms with Crippen LogP contribution < -0.4 is 11.1 Å². The molecule has 94 valence electrons. The van der Waals surface area contributed by atoms with Crippen molar-refractivity contribution in [2.75, 3.05) is 11.1 Å². The molecule has 0 aliphatic heterocycles. The zero-order chi connectivity index (χ0) is 13.1. The molecule has 0 aliphatic carbocycles. The summed E-state index contributed by atoms with van der Waals surface area (Å²) in [5.74, 6) is 0. The van der Waals surface area contributed by atoms with Crippen LogP contribution in [-0.2, 0) is 0 Å². The molecule has 18 heavy (non-hydrogen) atoms. The number of nitrogens with two attached hydrogens (primary N) is 1. The van der Waals surface area contributed by atoms with Gasteiger partial charge in [-0.2, -0.15) is 0 Å². The van der Waals surface area contributed by atoms with E-state index in [1.54, 1.807) is 0 Å². The van der Waals surface area contributed by atoms with Gasteiger partial charge in [0.1, 0.15) is 0 Å². The summed E-state index contributed by atoms with van der Waals surface area (Å²) in [7, 11) is 0. The Kier molecular flexibility index (Phi) is 3.78. The Morgan fingerprint density at radius 3 is 2.44 bits per heavy atom. The van der Waals surface area contributed by atoms with Gasteiger partial charge in [-0.25, -0.2) is 0 Å². The van der Waals surface area contributed by atoms with E-state index in [2.05, 4.69) is 19.2 Å². The molecule has 1 atom stereocenters. The summed E-state index contributed by atoms with van der Waals surface area (Å²) in [6.07, 6.45) is 0. The number of nitrogen functional groups attached to an aromatic ring is 1. The van der Waals surface area contributed by atoms with Crippen LogP contribution in [0.3, 0.4) is 0 Å². The highest BCUT2D eigenvalue weighted by Gasteiger charge is 2.07. The molecule has 2 nitrogen and oxygen atoms in total. The minimum atomic E-state index is 0.211. The molecule has 0 aromatic heterocycles. The number of rotatable bonds is 3. The fraction of sp³-hybridized carbons (Fsp3) is 0.200. The first kappa shape index (κ1) is 12.8. The number of nitrogens with one attached hydrogen (secondary N) is 1. The third kappa shape index (κ3) is 2.96. The standard InChI is InChI=1S/C15H17ClN2/c1-10-3-8-14(17)9-15(10)18-11(2)12-4-6-13(16)7-5-12/h3-9,11,18H,17H2,1-2H3. The van der Waals surface area contributed by atoms with Gasteiger partial charge in [-0.15, -0.1) is 0 Å². The van der Waals surface area contributed by atoms with Crippen molar-refractivity contribution in [1.82, 2.24) is 0 Å². The summed E-state index contributed by atoms with van der Waals surface area (Å²) < 4.78 is 0. The Morgan fingerprint density at radius 1 is 1.11 bits per heavy atom. The Bertz CT molecular complexity index is 535. The predicted molar refractivity (Wildman–Crippen MR) is 79.1 cm³/mol. The van der Waals surface area contributed by atoms with Gasteiger partial charge in [0.2, 0.25) is 0 Å². The van der Waals surface area contributed by atoms with Gasteiger partial charge in [0.15, 0.2) is 0 Å². The second-order valence-corrected chi connectivity index (χ2v) is 4.93. The lowest BCUT2D eigenvalue weighted by molar-refractivity contribution is 0.883. The molecule has 0 saturated heterocycles. The minimum absolute atomic E-state index is 0.211. The SMILES string of the molecule is Cc1ccc(N)cc1NC(C)c1ccc(Cl)cc1. The van der Waals surface area contributed by atoms with E-state index >= 15 is 0 Å². The molecule has 2 aromatic rings. The zero-order valence-corrected chi connectivity index (χ0v) is 11.3. The lowest BCUT2D eigenvalue weighted by Crippen LogP contribution is -2.07. The van der Waals surface area contributed by atoms with Gasteiger partial charge in [0.25, 0.3) is 0 Å². The normalized spacial score (nSPS) is 12.2. The number of benzene rings is 2. The van der Waals surface area contributed by atoms with E-state index in [9.17, 15) is 0 Å². The number of aryl methyl sites for hydroxylation is 1. The number of halogens is 1. The van der Waals surface area contributed by atoms with E-state index in [1.807, 2.05) is 42.5 Å². The first-order valence-corrected chi connectivity index (χ1v) is 6.32. The molecule has 0 saturated carbocycles. The zero-order valence-electron chi connectivity index (χ0n) is 10.6. The van der Waals surface area contributed by atoms with Gasteiger partial charge in [0, 0.05) is 22.4 Å². The number of anilines is 2. The number of hydrogen-bond donors (Lipinski definition) is 2. The summed E-state index contributed by atoms with van der Waals surface area (Å²) in [4.78, 5) is 0. The molecular weight excluding hydrogens is 244 g/mol. The van der Waals surface area contributed by atoms with Crippen LogP contribution in [0.1, 0.15) is 24.1 Å². The highest BCUT2D eigenvalue weighted by atomic mass is 35.5. The van der Waals surface area contributed by atoms with E-state index in [0.717, 1.165) is 16.4 Å². The first-order valence-electron chi connectivity index (χ1n) is 5.94. The predicted octanol–water partition coefficient (Wildman–Crippen LogP) is 4.40. The quantitative estimate of drug-likeness (QED) is 0.803. The van der Waals surface area contributed by atoms with E-state index in [-0.39, 0.29) is 6.04 Å². The maximum absolute atomic E-state index is 5.89. The van der Waals surface area contributed by atoms with E-state index < -0.39 is 0 Å². The molecule has 2 aromatic carbocycles. The molecule has 0 heterocycles. The third-order valence-electron chi connectivity index (χ3n) is 3.00. The Morgan fingerprint density at radius 2 is 1.78 bits per heavy atom. The fourth-order valence-electron chi connectivity index (χ4n) is 1.86. The van der Waals surface area contributed by atoms with Crippen LogP contribution in [0.2, 0.25) is 5.02 Å².